The first-order valence-corrected chi connectivity index (χ1v) is 7.62. The molecular weight excluding hydrogens is 264 g/mol. The maximum atomic E-state index is 12.1. The number of aromatic amines is 1. The van der Waals surface area contributed by atoms with Gasteiger partial charge in [0.2, 0.25) is 5.91 Å². The van der Waals surface area contributed by atoms with Gasteiger partial charge in [0, 0.05) is 43.7 Å². The summed E-state index contributed by atoms with van der Waals surface area (Å²) in [5.41, 5.74) is 2.32. The molecular formula is C17H24N2O2. The topological polar surface area (TPSA) is 56.3 Å². The van der Waals surface area contributed by atoms with E-state index in [1.54, 1.807) is 4.90 Å². The van der Waals surface area contributed by atoms with Crippen molar-refractivity contribution in [3.63, 3.8) is 0 Å². The Kier molecular flexibility index (Phi) is 5.81. The van der Waals surface area contributed by atoms with Crippen molar-refractivity contribution in [3.05, 3.63) is 36.0 Å². The lowest BCUT2D eigenvalue weighted by atomic mass is 10.1. The van der Waals surface area contributed by atoms with Crippen LogP contribution < -0.4 is 0 Å². The average Bonchev–Trinajstić information content (AvgIpc) is 2.92. The fraction of sp³-hybridized carbons (Fsp3) is 0.471. The molecule has 2 rings (SSSR count). The Morgan fingerprint density at radius 2 is 2.05 bits per heavy atom. The van der Waals surface area contributed by atoms with Gasteiger partial charge in [-0.1, -0.05) is 18.2 Å². The van der Waals surface area contributed by atoms with Crippen LogP contribution in [-0.2, 0) is 11.2 Å². The molecule has 0 aliphatic heterocycles. The summed E-state index contributed by atoms with van der Waals surface area (Å²) in [7, 11) is 1.86. The lowest BCUT2D eigenvalue weighted by molar-refractivity contribution is -0.129. The van der Waals surface area contributed by atoms with E-state index in [0.717, 1.165) is 37.7 Å². The van der Waals surface area contributed by atoms with Crippen molar-refractivity contribution in [1.29, 1.82) is 0 Å². The van der Waals surface area contributed by atoms with E-state index in [4.69, 9.17) is 5.11 Å². The summed E-state index contributed by atoms with van der Waals surface area (Å²) in [5.74, 6) is 0.185. The third-order valence-corrected chi connectivity index (χ3v) is 3.86. The van der Waals surface area contributed by atoms with Crippen LogP contribution in [0.3, 0.4) is 0 Å². The van der Waals surface area contributed by atoms with E-state index < -0.39 is 0 Å². The number of hydrogen-bond acceptors (Lipinski definition) is 2. The molecule has 1 amide bonds. The van der Waals surface area contributed by atoms with Crippen molar-refractivity contribution < 1.29 is 9.90 Å². The van der Waals surface area contributed by atoms with Crippen molar-refractivity contribution >= 4 is 16.8 Å². The smallest absolute Gasteiger partial charge is 0.222 e. The van der Waals surface area contributed by atoms with Crippen LogP contribution in [0.2, 0.25) is 0 Å². The van der Waals surface area contributed by atoms with E-state index in [1.165, 1.54) is 10.9 Å². The number of carbonyl (C=O) groups is 1. The van der Waals surface area contributed by atoms with Gasteiger partial charge in [-0.25, -0.2) is 0 Å². The van der Waals surface area contributed by atoms with Gasteiger partial charge in [0.1, 0.15) is 0 Å². The van der Waals surface area contributed by atoms with Gasteiger partial charge in [0.15, 0.2) is 0 Å². The number of nitrogens with one attached hydrogen (secondary N) is 1. The molecule has 0 radical (unpaired) electrons. The summed E-state index contributed by atoms with van der Waals surface area (Å²) in [6, 6.07) is 8.17. The molecule has 1 aromatic heterocycles. The number of H-pyrrole nitrogens is 1. The first kappa shape index (κ1) is 15.6. The summed E-state index contributed by atoms with van der Waals surface area (Å²) >= 11 is 0. The van der Waals surface area contributed by atoms with Gasteiger partial charge in [0.25, 0.3) is 0 Å². The van der Waals surface area contributed by atoms with Gasteiger partial charge < -0.3 is 15.0 Å². The van der Waals surface area contributed by atoms with E-state index >= 15 is 0 Å². The molecule has 4 nitrogen and oxygen atoms in total. The van der Waals surface area contributed by atoms with Crippen LogP contribution in [0.4, 0.5) is 0 Å². The highest BCUT2D eigenvalue weighted by atomic mass is 16.2. The predicted octanol–water partition coefficient (Wildman–Crippen LogP) is 2.72. The minimum atomic E-state index is 0.185. The zero-order valence-electron chi connectivity index (χ0n) is 12.6. The first-order valence-electron chi connectivity index (χ1n) is 7.62. The highest BCUT2D eigenvalue weighted by Gasteiger charge is 2.10. The van der Waals surface area contributed by atoms with Gasteiger partial charge in [-0.3, -0.25) is 4.79 Å². The zero-order chi connectivity index (χ0) is 15.1. The van der Waals surface area contributed by atoms with E-state index in [2.05, 4.69) is 11.1 Å². The summed E-state index contributed by atoms with van der Waals surface area (Å²) in [6.45, 7) is 1.00. The fourth-order valence-corrected chi connectivity index (χ4v) is 2.53. The summed E-state index contributed by atoms with van der Waals surface area (Å²) in [5, 5.41) is 9.94. The molecule has 2 N–H and O–H groups in total. The highest BCUT2D eigenvalue weighted by molar-refractivity contribution is 5.84. The van der Waals surface area contributed by atoms with Crippen molar-refractivity contribution in [2.24, 2.45) is 0 Å². The Bertz CT molecular complexity index is 577. The van der Waals surface area contributed by atoms with Crippen LogP contribution >= 0.6 is 0 Å². The number of nitrogens with zero attached hydrogens (tertiary/aromatic N) is 1. The van der Waals surface area contributed by atoms with E-state index in [0.29, 0.717) is 6.42 Å². The van der Waals surface area contributed by atoms with Crippen LogP contribution in [0.1, 0.15) is 31.2 Å². The van der Waals surface area contributed by atoms with E-state index in [1.807, 2.05) is 31.4 Å². The Balaban J connectivity index is 1.80. The number of aromatic nitrogens is 1. The SMILES string of the molecule is CN(CCCCCO)C(=O)CCc1c[nH]c2ccccc12. The largest absolute Gasteiger partial charge is 0.396 e. The fourth-order valence-electron chi connectivity index (χ4n) is 2.53. The lowest BCUT2D eigenvalue weighted by Crippen LogP contribution is -2.27. The van der Waals surface area contributed by atoms with Crippen molar-refractivity contribution in [3.8, 4) is 0 Å². The van der Waals surface area contributed by atoms with Crippen LogP contribution in [-0.4, -0.2) is 41.1 Å². The molecule has 21 heavy (non-hydrogen) atoms. The number of rotatable bonds is 8. The third kappa shape index (κ3) is 4.33. The number of unbranched alkanes of at least 4 members (excludes halogenated alkanes) is 2. The van der Waals surface area contributed by atoms with Gasteiger partial charge in [0.05, 0.1) is 0 Å². The van der Waals surface area contributed by atoms with Gasteiger partial charge in [-0.2, -0.15) is 0 Å². The molecule has 0 fully saturated rings. The number of fused-ring (bicyclic) bond motifs is 1. The number of amides is 1. The minimum Gasteiger partial charge on any atom is -0.396 e. The number of para-hydroxylation sites is 1. The van der Waals surface area contributed by atoms with Crippen LogP contribution in [0.5, 0.6) is 0 Å². The molecule has 0 aliphatic carbocycles. The molecule has 4 heteroatoms. The average molecular weight is 288 g/mol. The lowest BCUT2D eigenvalue weighted by Gasteiger charge is -2.16. The molecule has 0 saturated heterocycles. The highest BCUT2D eigenvalue weighted by Crippen LogP contribution is 2.19. The normalized spacial score (nSPS) is 11.0. The Labute approximate surface area is 125 Å². The number of carbonyl (C=O) groups excluding carboxylic acids is 1. The van der Waals surface area contributed by atoms with E-state index in [-0.39, 0.29) is 12.5 Å². The maximum absolute atomic E-state index is 12.1. The Hall–Kier alpha value is -1.81. The molecule has 0 aliphatic rings. The number of benzene rings is 1. The molecule has 0 unspecified atom stereocenters. The molecule has 1 heterocycles. The van der Waals surface area contributed by atoms with Gasteiger partial charge in [-0.15, -0.1) is 0 Å². The van der Waals surface area contributed by atoms with E-state index in [9.17, 15) is 4.79 Å². The number of aliphatic hydroxyl groups excluding tert-OH is 1. The molecule has 2 aromatic rings. The second-order valence-electron chi connectivity index (χ2n) is 5.46. The predicted molar refractivity (Wildman–Crippen MR) is 85.2 cm³/mol. The molecule has 1 aromatic carbocycles. The van der Waals surface area contributed by atoms with Gasteiger partial charge in [-0.05, 0) is 37.3 Å². The number of hydrogen-bond donors (Lipinski definition) is 2. The Morgan fingerprint density at radius 3 is 2.86 bits per heavy atom. The maximum Gasteiger partial charge on any atom is 0.222 e. The van der Waals surface area contributed by atoms with Crippen LogP contribution in [0, 0.1) is 0 Å². The summed E-state index contributed by atoms with van der Waals surface area (Å²) in [6.07, 6.45) is 6.05. The van der Waals surface area contributed by atoms with Crippen molar-refractivity contribution in [2.45, 2.75) is 32.1 Å². The van der Waals surface area contributed by atoms with Crippen molar-refractivity contribution in [2.75, 3.05) is 20.2 Å². The van der Waals surface area contributed by atoms with Crippen LogP contribution in [0.25, 0.3) is 10.9 Å². The first-order chi connectivity index (χ1) is 10.2. The Morgan fingerprint density at radius 1 is 1.24 bits per heavy atom. The quantitative estimate of drug-likeness (QED) is 0.734. The molecule has 0 spiro atoms. The number of aryl methyl sites for hydroxylation is 1. The monoisotopic (exact) mass is 288 g/mol. The summed E-state index contributed by atoms with van der Waals surface area (Å²) < 4.78 is 0. The minimum absolute atomic E-state index is 0.185. The van der Waals surface area contributed by atoms with Crippen molar-refractivity contribution in [1.82, 2.24) is 9.88 Å². The summed E-state index contributed by atoms with van der Waals surface area (Å²) in [4.78, 5) is 17.1. The molecule has 0 atom stereocenters. The number of aliphatic hydroxyl groups is 1. The standard InChI is InChI=1S/C17H24N2O2/c1-19(11-5-2-6-12-20)17(21)10-9-14-13-18-16-8-4-3-7-15(14)16/h3-4,7-8,13,18,20H,2,5-6,9-12H2,1H3. The van der Waals surface area contributed by atoms with Crippen LogP contribution in [0.15, 0.2) is 30.5 Å². The molecule has 0 saturated carbocycles. The molecule has 114 valence electrons. The van der Waals surface area contributed by atoms with Gasteiger partial charge >= 0.3 is 0 Å². The zero-order valence-corrected chi connectivity index (χ0v) is 12.6. The second kappa shape index (κ2) is 7.84. The third-order valence-electron chi connectivity index (χ3n) is 3.86. The molecule has 0 bridgehead atoms. The second-order valence-corrected chi connectivity index (χ2v) is 5.46.